The molecule has 4 heteroatoms. The highest BCUT2D eigenvalue weighted by atomic mass is 16.5. The zero-order chi connectivity index (χ0) is 20.1. The van der Waals surface area contributed by atoms with Crippen LogP contribution in [0, 0.1) is 5.92 Å². The van der Waals surface area contributed by atoms with Gasteiger partial charge in [0.2, 0.25) is 0 Å². The number of esters is 1. The van der Waals surface area contributed by atoms with Crippen LogP contribution in [0.1, 0.15) is 31.9 Å². The number of hydrogen-bond acceptors (Lipinski definition) is 3. The second-order valence-electron chi connectivity index (χ2n) is 7.25. The van der Waals surface area contributed by atoms with Gasteiger partial charge in [-0.05, 0) is 11.1 Å². The highest BCUT2D eigenvalue weighted by Gasteiger charge is 2.55. The fourth-order valence-corrected chi connectivity index (χ4v) is 3.64. The lowest BCUT2D eigenvalue weighted by atomic mass is 9.54. The molecule has 2 rings (SSSR count). The molecule has 2 atom stereocenters. The Bertz CT molecular complexity index is 796. The Morgan fingerprint density at radius 3 is 1.93 bits per heavy atom. The molecule has 2 aromatic carbocycles. The first-order valence-electron chi connectivity index (χ1n) is 8.88. The Hall–Kier alpha value is -2.88. The van der Waals surface area contributed by atoms with E-state index in [2.05, 4.69) is 6.58 Å². The highest BCUT2D eigenvalue weighted by Crippen LogP contribution is 2.49. The van der Waals surface area contributed by atoms with Crippen LogP contribution in [0.15, 0.2) is 73.3 Å². The summed E-state index contributed by atoms with van der Waals surface area (Å²) in [6.07, 6.45) is 1.43. The van der Waals surface area contributed by atoms with E-state index < -0.39 is 28.7 Å². The number of carboxylic acids is 1. The normalized spacial score (nSPS) is 14.6. The maximum Gasteiger partial charge on any atom is 0.321 e. The van der Waals surface area contributed by atoms with Crippen LogP contribution >= 0.6 is 0 Å². The topological polar surface area (TPSA) is 63.6 Å². The van der Waals surface area contributed by atoms with Crippen LogP contribution in [0.25, 0.3) is 0 Å². The van der Waals surface area contributed by atoms with Crippen molar-refractivity contribution in [2.45, 2.75) is 31.6 Å². The lowest BCUT2D eigenvalue weighted by molar-refractivity contribution is -0.163. The van der Waals surface area contributed by atoms with Crippen molar-refractivity contribution >= 4 is 11.9 Å². The molecule has 0 spiro atoms. The minimum absolute atomic E-state index is 0.0285. The van der Waals surface area contributed by atoms with Gasteiger partial charge in [0.25, 0.3) is 0 Å². The number of ether oxygens (including phenoxy) is 1. The maximum absolute atomic E-state index is 12.8. The quantitative estimate of drug-likeness (QED) is 0.428. The SMILES string of the molecule is C=CCOC(=O)C(C(=O)O)C(C)(c1ccccc1)C(C)(C)c1ccccc1. The van der Waals surface area contributed by atoms with Crippen LogP contribution < -0.4 is 0 Å². The van der Waals surface area contributed by atoms with E-state index in [1.807, 2.05) is 81.4 Å². The molecule has 1 N–H and O–H groups in total. The van der Waals surface area contributed by atoms with Gasteiger partial charge in [-0.1, -0.05) is 94.1 Å². The second kappa shape index (κ2) is 8.21. The van der Waals surface area contributed by atoms with Crippen molar-refractivity contribution in [3.63, 3.8) is 0 Å². The molecule has 0 aliphatic heterocycles. The van der Waals surface area contributed by atoms with E-state index in [1.54, 1.807) is 0 Å². The second-order valence-corrected chi connectivity index (χ2v) is 7.25. The monoisotopic (exact) mass is 366 g/mol. The summed E-state index contributed by atoms with van der Waals surface area (Å²) in [5.41, 5.74) is -0.0214. The third-order valence-corrected chi connectivity index (χ3v) is 5.57. The Balaban J connectivity index is 2.71. The van der Waals surface area contributed by atoms with E-state index in [1.165, 1.54) is 6.08 Å². The molecule has 0 saturated heterocycles. The third-order valence-electron chi connectivity index (χ3n) is 5.57. The van der Waals surface area contributed by atoms with Gasteiger partial charge in [-0.3, -0.25) is 9.59 Å². The summed E-state index contributed by atoms with van der Waals surface area (Å²) in [5.74, 6) is -3.35. The van der Waals surface area contributed by atoms with Crippen LogP contribution in [-0.4, -0.2) is 23.7 Å². The lowest BCUT2D eigenvalue weighted by Gasteiger charge is -2.47. The molecule has 0 aliphatic rings. The summed E-state index contributed by atoms with van der Waals surface area (Å²) in [4.78, 5) is 25.1. The minimum atomic E-state index is -1.38. The van der Waals surface area contributed by atoms with E-state index in [0.717, 1.165) is 11.1 Å². The minimum Gasteiger partial charge on any atom is -0.481 e. The van der Waals surface area contributed by atoms with Crippen molar-refractivity contribution in [2.75, 3.05) is 6.61 Å². The lowest BCUT2D eigenvalue weighted by Crippen LogP contribution is -2.54. The van der Waals surface area contributed by atoms with Gasteiger partial charge in [-0.15, -0.1) is 0 Å². The fourth-order valence-electron chi connectivity index (χ4n) is 3.64. The number of carboxylic acid groups (broad SMARTS) is 1. The van der Waals surface area contributed by atoms with Crippen molar-refractivity contribution in [1.29, 1.82) is 0 Å². The number of carbonyl (C=O) groups excluding carboxylic acids is 1. The van der Waals surface area contributed by atoms with Gasteiger partial charge in [0.1, 0.15) is 6.61 Å². The molecule has 0 fully saturated rings. The molecule has 0 aliphatic carbocycles. The number of rotatable bonds is 8. The predicted molar refractivity (Wildman–Crippen MR) is 106 cm³/mol. The van der Waals surface area contributed by atoms with Crippen LogP contribution in [0.2, 0.25) is 0 Å². The molecule has 27 heavy (non-hydrogen) atoms. The van der Waals surface area contributed by atoms with E-state index in [4.69, 9.17) is 4.74 Å². The largest absolute Gasteiger partial charge is 0.481 e. The molecular weight excluding hydrogens is 340 g/mol. The summed E-state index contributed by atoms with van der Waals surface area (Å²) in [6, 6.07) is 18.9. The van der Waals surface area contributed by atoms with Gasteiger partial charge < -0.3 is 9.84 Å². The summed E-state index contributed by atoms with van der Waals surface area (Å²) in [7, 11) is 0. The van der Waals surface area contributed by atoms with Gasteiger partial charge >= 0.3 is 11.9 Å². The van der Waals surface area contributed by atoms with Crippen LogP contribution in [-0.2, 0) is 25.2 Å². The van der Waals surface area contributed by atoms with Gasteiger partial charge in [-0.25, -0.2) is 0 Å². The van der Waals surface area contributed by atoms with Crippen LogP contribution in [0.4, 0.5) is 0 Å². The van der Waals surface area contributed by atoms with Crippen molar-refractivity contribution < 1.29 is 19.4 Å². The number of carbonyl (C=O) groups is 2. The average Bonchev–Trinajstić information content (AvgIpc) is 2.67. The molecule has 0 saturated carbocycles. The Kier molecular flexibility index (Phi) is 6.21. The number of hydrogen-bond donors (Lipinski definition) is 1. The molecule has 0 bridgehead atoms. The standard InChI is InChI=1S/C23H26O4/c1-5-16-27-21(26)19(20(24)25)23(4,18-14-10-7-11-15-18)22(2,3)17-12-8-6-9-13-17/h5-15,19H,1,16H2,2-4H3,(H,24,25). The van der Waals surface area contributed by atoms with E-state index in [9.17, 15) is 14.7 Å². The predicted octanol–water partition coefficient (Wildman–Crippen LogP) is 4.35. The maximum atomic E-state index is 12.8. The molecule has 2 unspecified atom stereocenters. The molecule has 2 aromatic rings. The van der Waals surface area contributed by atoms with Crippen LogP contribution in [0.3, 0.4) is 0 Å². The fraction of sp³-hybridized carbons (Fsp3) is 0.304. The smallest absolute Gasteiger partial charge is 0.321 e. The zero-order valence-electron chi connectivity index (χ0n) is 16.0. The number of benzene rings is 2. The Morgan fingerprint density at radius 2 is 1.48 bits per heavy atom. The highest BCUT2D eigenvalue weighted by molar-refractivity contribution is 5.96. The average molecular weight is 366 g/mol. The van der Waals surface area contributed by atoms with Gasteiger partial charge in [0, 0.05) is 10.8 Å². The van der Waals surface area contributed by atoms with E-state index in [-0.39, 0.29) is 6.61 Å². The summed E-state index contributed by atoms with van der Waals surface area (Å²) in [6.45, 7) is 9.25. The summed E-state index contributed by atoms with van der Waals surface area (Å²) >= 11 is 0. The summed E-state index contributed by atoms with van der Waals surface area (Å²) in [5, 5.41) is 10.0. The van der Waals surface area contributed by atoms with Gasteiger partial charge in [-0.2, -0.15) is 0 Å². The summed E-state index contributed by atoms with van der Waals surface area (Å²) < 4.78 is 5.18. The Labute approximate surface area is 160 Å². The molecular formula is C23H26O4. The van der Waals surface area contributed by atoms with Crippen LogP contribution in [0.5, 0.6) is 0 Å². The molecule has 0 radical (unpaired) electrons. The van der Waals surface area contributed by atoms with Gasteiger partial charge in [0.05, 0.1) is 0 Å². The van der Waals surface area contributed by atoms with E-state index >= 15 is 0 Å². The van der Waals surface area contributed by atoms with E-state index in [0.29, 0.717) is 0 Å². The van der Waals surface area contributed by atoms with Crippen molar-refractivity contribution in [3.05, 3.63) is 84.4 Å². The first-order chi connectivity index (χ1) is 12.8. The Morgan fingerprint density at radius 1 is 1.00 bits per heavy atom. The van der Waals surface area contributed by atoms with Gasteiger partial charge in [0.15, 0.2) is 5.92 Å². The molecule has 0 aromatic heterocycles. The molecule has 4 nitrogen and oxygen atoms in total. The van der Waals surface area contributed by atoms with Crippen molar-refractivity contribution in [1.82, 2.24) is 0 Å². The van der Waals surface area contributed by atoms with Crippen molar-refractivity contribution in [2.24, 2.45) is 5.92 Å². The first kappa shape index (κ1) is 20.4. The zero-order valence-corrected chi connectivity index (χ0v) is 16.0. The molecule has 0 heterocycles. The third kappa shape index (κ3) is 3.80. The number of aliphatic carboxylic acids is 1. The molecule has 0 amide bonds. The van der Waals surface area contributed by atoms with Crippen molar-refractivity contribution in [3.8, 4) is 0 Å². The first-order valence-corrected chi connectivity index (χ1v) is 8.88. The molecule has 142 valence electrons.